The molecule has 1 unspecified atom stereocenters. The van der Waals surface area contributed by atoms with Crippen molar-refractivity contribution >= 4 is 22.6 Å². The zero-order valence-electron chi connectivity index (χ0n) is 7.79. The van der Waals surface area contributed by atoms with Crippen molar-refractivity contribution < 1.29 is 0 Å². The molecule has 0 spiro atoms. The molecule has 0 aliphatic heterocycles. The first kappa shape index (κ1) is 9.43. The molecule has 14 heavy (non-hydrogen) atoms. The van der Waals surface area contributed by atoms with Crippen LogP contribution >= 0.6 is 11.6 Å². The van der Waals surface area contributed by atoms with E-state index < -0.39 is 0 Å². The quantitative estimate of drug-likeness (QED) is 0.741. The fourth-order valence-electron chi connectivity index (χ4n) is 1.46. The van der Waals surface area contributed by atoms with Gasteiger partial charge < -0.3 is 10.7 Å². The summed E-state index contributed by atoms with van der Waals surface area (Å²) in [5, 5.41) is 1.36. The van der Waals surface area contributed by atoms with Crippen LogP contribution in [0.2, 0.25) is 5.15 Å². The molecule has 0 bridgehead atoms. The minimum atomic E-state index is 0.257. The SMILES string of the molecule is CC(CN)c1c[nH]c2ncnc(Cl)c12. The lowest BCUT2D eigenvalue weighted by molar-refractivity contribution is 0.780. The van der Waals surface area contributed by atoms with E-state index in [9.17, 15) is 0 Å². The third-order valence-corrected chi connectivity index (χ3v) is 2.63. The Labute approximate surface area is 86.5 Å². The average molecular weight is 211 g/mol. The molecule has 0 aliphatic rings. The maximum Gasteiger partial charge on any atom is 0.142 e. The molecule has 0 amide bonds. The van der Waals surface area contributed by atoms with Gasteiger partial charge in [-0.1, -0.05) is 18.5 Å². The summed E-state index contributed by atoms with van der Waals surface area (Å²) >= 11 is 5.99. The Morgan fingerprint density at radius 3 is 3.07 bits per heavy atom. The van der Waals surface area contributed by atoms with Crippen molar-refractivity contribution in [3.05, 3.63) is 23.2 Å². The number of hydrogen-bond acceptors (Lipinski definition) is 3. The highest BCUT2D eigenvalue weighted by atomic mass is 35.5. The number of halogens is 1. The zero-order chi connectivity index (χ0) is 10.1. The molecule has 0 saturated carbocycles. The molecule has 0 aliphatic carbocycles. The summed E-state index contributed by atoms with van der Waals surface area (Å²) in [5.74, 6) is 0.257. The normalized spacial score (nSPS) is 13.4. The topological polar surface area (TPSA) is 67.6 Å². The summed E-state index contributed by atoms with van der Waals surface area (Å²) in [6.07, 6.45) is 3.33. The first-order valence-corrected chi connectivity index (χ1v) is 4.79. The number of nitrogens with one attached hydrogen (secondary N) is 1. The van der Waals surface area contributed by atoms with Crippen molar-refractivity contribution in [3.8, 4) is 0 Å². The second kappa shape index (κ2) is 3.55. The Hall–Kier alpha value is -1.13. The van der Waals surface area contributed by atoms with Crippen molar-refractivity contribution in [1.29, 1.82) is 0 Å². The van der Waals surface area contributed by atoms with Gasteiger partial charge >= 0.3 is 0 Å². The number of H-pyrrole nitrogens is 1. The maximum absolute atomic E-state index is 5.99. The molecule has 1 atom stereocenters. The Morgan fingerprint density at radius 2 is 2.36 bits per heavy atom. The highest BCUT2D eigenvalue weighted by Crippen LogP contribution is 2.27. The van der Waals surface area contributed by atoms with E-state index in [2.05, 4.69) is 15.0 Å². The largest absolute Gasteiger partial charge is 0.346 e. The molecular formula is C9H11ClN4. The lowest BCUT2D eigenvalue weighted by Crippen LogP contribution is -2.08. The van der Waals surface area contributed by atoms with Gasteiger partial charge in [-0.25, -0.2) is 9.97 Å². The van der Waals surface area contributed by atoms with Crippen molar-refractivity contribution in [2.24, 2.45) is 5.73 Å². The molecule has 0 radical (unpaired) electrons. The second-order valence-corrected chi connectivity index (χ2v) is 3.63. The number of aromatic nitrogens is 3. The van der Waals surface area contributed by atoms with Crippen LogP contribution in [0.25, 0.3) is 11.0 Å². The highest BCUT2D eigenvalue weighted by Gasteiger charge is 2.13. The second-order valence-electron chi connectivity index (χ2n) is 3.27. The lowest BCUT2D eigenvalue weighted by Gasteiger charge is -2.06. The van der Waals surface area contributed by atoms with Gasteiger partial charge in [0.25, 0.3) is 0 Å². The summed E-state index contributed by atoms with van der Waals surface area (Å²) in [6, 6.07) is 0. The van der Waals surface area contributed by atoms with Crippen molar-refractivity contribution in [3.63, 3.8) is 0 Å². The van der Waals surface area contributed by atoms with E-state index in [1.165, 1.54) is 6.33 Å². The third kappa shape index (κ3) is 1.36. The molecule has 0 saturated heterocycles. The van der Waals surface area contributed by atoms with Crippen LogP contribution in [0, 0.1) is 0 Å². The molecule has 3 N–H and O–H groups in total. The zero-order valence-corrected chi connectivity index (χ0v) is 8.54. The monoisotopic (exact) mass is 210 g/mol. The predicted molar refractivity (Wildman–Crippen MR) is 56.4 cm³/mol. The summed E-state index contributed by atoms with van der Waals surface area (Å²) in [6.45, 7) is 2.63. The van der Waals surface area contributed by atoms with Gasteiger partial charge in [-0.3, -0.25) is 0 Å². The predicted octanol–water partition coefficient (Wildman–Crippen LogP) is 1.67. The van der Waals surface area contributed by atoms with Crippen LogP contribution in [0.15, 0.2) is 12.5 Å². The van der Waals surface area contributed by atoms with Gasteiger partial charge in [0.15, 0.2) is 0 Å². The van der Waals surface area contributed by atoms with Crippen LogP contribution in [0.4, 0.5) is 0 Å². The summed E-state index contributed by atoms with van der Waals surface area (Å²) in [4.78, 5) is 11.1. The molecule has 5 heteroatoms. The number of nitrogens with two attached hydrogens (primary N) is 1. The molecule has 4 nitrogen and oxygen atoms in total. The van der Waals surface area contributed by atoms with Crippen LogP contribution < -0.4 is 5.73 Å². The van der Waals surface area contributed by atoms with Crippen LogP contribution in [0.3, 0.4) is 0 Å². The Bertz CT molecular complexity index is 451. The summed E-state index contributed by atoms with van der Waals surface area (Å²) in [5.41, 5.74) is 7.45. The minimum Gasteiger partial charge on any atom is -0.346 e. The van der Waals surface area contributed by atoms with Gasteiger partial charge in [0.2, 0.25) is 0 Å². The van der Waals surface area contributed by atoms with Crippen molar-refractivity contribution in [2.45, 2.75) is 12.8 Å². The maximum atomic E-state index is 5.99. The Balaban J connectivity index is 2.67. The van der Waals surface area contributed by atoms with E-state index in [0.29, 0.717) is 11.7 Å². The van der Waals surface area contributed by atoms with E-state index >= 15 is 0 Å². The van der Waals surface area contributed by atoms with Gasteiger partial charge in [-0.15, -0.1) is 0 Å². The average Bonchev–Trinajstić information content (AvgIpc) is 2.62. The van der Waals surface area contributed by atoms with E-state index in [0.717, 1.165) is 16.6 Å². The third-order valence-electron chi connectivity index (χ3n) is 2.34. The number of aromatic amines is 1. The van der Waals surface area contributed by atoms with Crippen LogP contribution in [0.1, 0.15) is 18.4 Å². The molecule has 2 aromatic heterocycles. The molecule has 74 valence electrons. The van der Waals surface area contributed by atoms with E-state index in [-0.39, 0.29) is 5.92 Å². The minimum absolute atomic E-state index is 0.257. The van der Waals surface area contributed by atoms with Gasteiger partial charge in [0.05, 0.1) is 5.39 Å². The number of rotatable bonds is 2. The van der Waals surface area contributed by atoms with Crippen molar-refractivity contribution in [1.82, 2.24) is 15.0 Å². The van der Waals surface area contributed by atoms with Crippen molar-refractivity contribution in [2.75, 3.05) is 6.54 Å². The molecule has 0 fully saturated rings. The molecular weight excluding hydrogens is 200 g/mol. The summed E-state index contributed by atoms with van der Waals surface area (Å²) in [7, 11) is 0. The van der Waals surface area contributed by atoms with E-state index in [4.69, 9.17) is 17.3 Å². The number of nitrogens with zero attached hydrogens (tertiary/aromatic N) is 2. The van der Waals surface area contributed by atoms with Gasteiger partial charge in [-0.05, 0) is 18.0 Å². The molecule has 2 heterocycles. The first-order chi connectivity index (χ1) is 6.74. The standard InChI is InChI=1S/C9H11ClN4/c1-5(2-11)6-3-12-9-7(6)8(10)13-4-14-9/h3-5H,2,11H2,1H3,(H,12,13,14). The van der Waals surface area contributed by atoms with Gasteiger partial charge in [0, 0.05) is 6.20 Å². The lowest BCUT2D eigenvalue weighted by atomic mass is 10.0. The number of fused-ring (bicyclic) bond motifs is 1. The molecule has 0 aromatic carbocycles. The van der Waals surface area contributed by atoms with Crippen LogP contribution in [-0.2, 0) is 0 Å². The van der Waals surface area contributed by atoms with E-state index in [1.54, 1.807) is 0 Å². The first-order valence-electron chi connectivity index (χ1n) is 4.41. The molecule has 2 aromatic rings. The van der Waals surface area contributed by atoms with Gasteiger partial charge in [0.1, 0.15) is 17.1 Å². The fourth-order valence-corrected chi connectivity index (χ4v) is 1.71. The summed E-state index contributed by atoms with van der Waals surface area (Å²) < 4.78 is 0. The Kier molecular flexibility index (Phi) is 2.39. The van der Waals surface area contributed by atoms with Crippen LogP contribution in [-0.4, -0.2) is 21.5 Å². The Morgan fingerprint density at radius 1 is 1.57 bits per heavy atom. The van der Waals surface area contributed by atoms with E-state index in [1.807, 2.05) is 13.1 Å². The molecule has 2 rings (SSSR count). The fraction of sp³-hybridized carbons (Fsp3) is 0.333. The van der Waals surface area contributed by atoms with Gasteiger partial charge in [-0.2, -0.15) is 0 Å². The number of hydrogen-bond donors (Lipinski definition) is 2. The smallest absolute Gasteiger partial charge is 0.142 e. The highest BCUT2D eigenvalue weighted by molar-refractivity contribution is 6.34. The van der Waals surface area contributed by atoms with Crippen LogP contribution in [0.5, 0.6) is 0 Å².